The maximum absolute atomic E-state index is 15.7. The molecule has 4 aliphatic rings. The summed E-state index contributed by atoms with van der Waals surface area (Å²) in [6.07, 6.45) is 2.18. The zero-order valence-electron chi connectivity index (χ0n) is 34.0. The van der Waals surface area contributed by atoms with E-state index in [-0.39, 0.29) is 46.7 Å². The SMILES string of the molecule is COc1ccc([C@@]23C(=O)N(Nc4ccc(Cl)cc4Cl)C(=O)[C@@H]2C[C@@H]2C(=CC[C@@H]4C(=O)N(c5ccc(-c6nc7ccccc7o6)cc5)C(=O)[C@@H]42)[C@@H]3c2cc(OC)c(O)c(OC)c2)cc1. The van der Waals surface area contributed by atoms with E-state index < -0.39 is 52.7 Å². The van der Waals surface area contributed by atoms with Crippen LogP contribution in [-0.2, 0) is 24.6 Å². The van der Waals surface area contributed by atoms with Crippen LogP contribution in [-0.4, -0.2) is 60.1 Å². The Morgan fingerprint density at radius 3 is 2.19 bits per heavy atom. The highest BCUT2D eigenvalue weighted by molar-refractivity contribution is 6.36. The third-order valence-corrected chi connectivity index (χ3v) is 13.6. The molecule has 10 rings (SSSR count). The summed E-state index contributed by atoms with van der Waals surface area (Å²) in [7, 11) is 4.33. The Bertz CT molecular complexity index is 2860. The summed E-state index contributed by atoms with van der Waals surface area (Å²) in [5, 5.41) is 12.7. The van der Waals surface area contributed by atoms with E-state index in [1.54, 1.807) is 72.8 Å². The van der Waals surface area contributed by atoms with Crippen LogP contribution in [0.25, 0.3) is 22.6 Å². The number of carbonyl (C=O) groups is 4. The predicted octanol–water partition coefficient (Wildman–Crippen LogP) is 8.72. The molecule has 5 aromatic carbocycles. The maximum Gasteiger partial charge on any atom is 0.260 e. The van der Waals surface area contributed by atoms with E-state index in [1.165, 1.54) is 32.3 Å². The van der Waals surface area contributed by atoms with Crippen LogP contribution in [0.2, 0.25) is 10.0 Å². The molecule has 0 radical (unpaired) electrons. The molecule has 4 amide bonds. The molecule has 2 N–H and O–H groups in total. The van der Waals surface area contributed by atoms with E-state index >= 15 is 9.59 Å². The van der Waals surface area contributed by atoms with Gasteiger partial charge in [0.05, 0.1) is 60.9 Å². The summed E-state index contributed by atoms with van der Waals surface area (Å²) in [4.78, 5) is 66.1. The summed E-state index contributed by atoms with van der Waals surface area (Å²) in [5.41, 5.74) is 5.69. The lowest BCUT2D eigenvalue weighted by atomic mass is 9.49. The molecule has 6 aromatic rings. The number of hydrogen-bond donors (Lipinski definition) is 2. The highest BCUT2D eigenvalue weighted by Gasteiger charge is 2.70. The monoisotopic (exact) mass is 884 g/mol. The van der Waals surface area contributed by atoms with Crippen molar-refractivity contribution >= 4 is 69.3 Å². The van der Waals surface area contributed by atoms with Gasteiger partial charge in [-0.05, 0) is 109 Å². The molecule has 13 nitrogen and oxygen atoms in total. The Labute approximate surface area is 370 Å². The zero-order chi connectivity index (χ0) is 43.9. The number of anilines is 2. The van der Waals surface area contributed by atoms with Crippen molar-refractivity contribution in [3.63, 3.8) is 0 Å². The first-order valence-electron chi connectivity index (χ1n) is 20.2. The number of imide groups is 2. The third kappa shape index (κ3) is 6.08. The number of nitrogens with zero attached hydrogens (tertiary/aromatic N) is 3. The molecule has 0 unspecified atom stereocenters. The molecule has 0 spiro atoms. The van der Waals surface area contributed by atoms with Gasteiger partial charge in [0.15, 0.2) is 17.1 Å². The standard InChI is InChI=1S/C48H38Cl2N4O9/c1-60-29-15-10-26(11-16-29)48-33(45(57)54(47(48)59)52-35-19-12-27(49)22-34(35)50)23-32-30(41(48)25-20-38(61-2)42(55)39(21-25)62-3)17-18-31-40(32)46(58)53(44(31)56)28-13-8-24(9-14-28)43-51-36-6-4-5-7-37(36)63-43/h4-17,19-22,31-33,40-41,52,55H,18,23H2,1-3H3/t31-,32+,33-,40-,41-,48+/m0/s1. The summed E-state index contributed by atoms with van der Waals surface area (Å²) < 4.78 is 22.8. The van der Waals surface area contributed by atoms with Gasteiger partial charge in [0, 0.05) is 16.5 Å². The number of benzene rings is 5. The summed E-state index contributed by atoms with van der Waals surface area (Å²) in [5.74, 6) is -5.42. The summed E-state index contributed by atoms with van der Waals surface area (Å²) in [6, 6.07) is 29.2. The normalized spacial score (nSPS) is 24.0. The van der Waals surface area contributed by atoms with Crippen molar-refractivity contribution in [3.05, 3.63) is 136 Å². The topological polar surface area (TPSA) is 161 Å². The fourth-order valence-corrected chi connectivity index (χ4v) is 10.8. The van der Waals surface area contributed by atoms with Crippen molar-refractivity contribution in [2.24, 2.45) is 23.7 Å². The Kier molecular flexibility index (Phi) is 9.72. The molecule has 318 valence electrons. The quantitative estimate of drug-likeness (QED) is 0.106. The molecule has 3 heterocycles. The number of oxazole rings is 1. The van der Waals surface area contributed by atoms with Gasteiger partial charge in [0.25, 0.3) is 11.8 Å². The van der Waals surface area contributed by atoms with E-state index in [2.05, 4.69) is 10.4 Å². The predicted molar refractivity (Wildman–Crippen MR) is 234 cm³/mol. The summed E-state index contributed by atoms with van der Waals surface area (Å²) >= 11 is 12.8. The highest BCUT2D eigenvalue weighted by atomic mass is 35.5. The molecular formula is C48H38Cl2N4O9. The van der Waals surface area contributed by atoms with Crippen LogP contribution in [0.15, 0.2) is 119 Å². The minimum absolute atomic E-state index is 0.0442. The first-order chi connectivity index (χ1) is 30.5. The number of phenolic OH excluding ortho intramolecular Hbond substituents is 1. The van der Waals surface area contributed by atoms with Crippen molar-refractivity contribution in [2.75, 3.05) is 31.7 Å². The van der Waals surface area contributed by atoms with Gasteiger partial charge in [0.1, 0.15) is 11.3 Å². The average molecular weight is 886 g/mol. The number of ether oxygens (including phenoxy) is 3. The fourth-order valence-electron chi connectivity index (χ4n) is 10.3. The number of methoxy groups -OCH3 is 3. The van der Waals surface area contributed by atoms with Crippen molar-refractivity contribution < 1.29 is 42.9 Å². The zero-order valence-corrected chi connectivity index (χ0v) is 35.5. The number of carbonyl (C=O) groups excluding carboxylic acids is 4. The van der Waals surface area contributed by atoms with Gasteiger partial charge in [-0.2, -0.15) is 5.01 Å². The Balaban J connectivity index is 1.11. The molecule has 2 aliphatic carbocycles. The van der Waals surface area contributed by atoms with Crippen LogP contribution in [0.1, 0.15) is 29.9 Å². The van der Waals surface area contributed by atoms with Crippen LogP contribution >= 0.6 is 23.2 Å². The molecule has 6 atom stereocenters. The molecule has 15 heteroatoms. The van der Waals surface area contributed by atoms with Crippen molar-refractivity contribution in [2.45, 2.75) is 24.2 Å². The third-order valence-electron chi connectivity index (χ3n) is 13.1. The molecule has 1 saturated carbocycles. The van der Waals surface area contributed by atoms with Gasteiger partial charge in [-0.3, -0.25) is 29.5 Å². The number of halogens is 2. The Hall–Kier alpha value is -6.83. The number of allylic oxidation sites excluding steroid dienone is 2. The molecule has 0 bridgehead atoms. The molecule has 3 fully saturated rings. The first-order valence-corrected chi connectivity index (χ1v) is 21.0. The van der Waals surface area contributed by atoms with Crippen LogP contribution < -0.4 is 24.5 Å². The first kappa shape index (κ1) is 40.3. The van der Waals surface area contributed by atoms with E-state index in [9.17, 15) is 14.7 Å². The second-order valence-electron chi connectivity index (χ2n) is 16.0. The van der Waals surface area contributed by atoms with E-state index in [1.807, 2.05) is 30.3 Å². The maximum atomic E-state index is 15.7. The number of rotatable bonds is 9. The molecule has 2 saturated heterocycles. The van der Waals surface area contributed by atoms with Crippen molar-refractivity contribution in [3.8, 4) is 34.5 Å². The molecule has 63 heavy (non-hydrogen) atoms. The van der Waals surface area contributed by atoms with Gasteiger partial charge in [0.2, 0.25) is 23.5 Å². The second-order valence-corrected chi connectivity index (χ2v) is 16.9. The molecular weight excluding hydrogens is 847 g/mol. The number of nitrogens with one attached hydrogen (secondary N) is 1. The highest BCUT2D eigenvalue weighted by Crippen LogP contribution is 2.65. The second kappa shape index (κ2) is 15.2. The van der Waals surface area contributed by atoms with E-state index in [0.29, 0.717) is 55.7 Å². The Morgan fingerprint density at radius 1 is 0.810 bits per heavy atom. The lowest BCUT2D eigenvalue weighted by Crippen LogP contribution is -2.53. The van der Waals surface area contributed by atoms with Gasteiger partial charge >= 0.3 is 0 Å². The van der Waals surface area contributed by atoms with Crippen molar-refractivity contribution in [1.29, 1.82) is 0 Å². The fraction of sp³-hybridized carbons (Fsp3) is 0.229. The molecule has 2 aliphatic heterocycles. The summed E-state index contributed by atoms with van der Waals surface area (Å²) in [6.45, 7) is 0. The van der Waals surface area contributed by atoms with Crippen molar-refractivity contribution in [1.82, 2.24) is 9.99 Å². The molecule has 1 aromatic heterocycles. The largest absolute Gasteiger partial charge is 0.502 e. The number of fused-ring (bicyclic) bond motifs is 5. The number of phenols is 1. The average Bonchev–Trinajstić information content (AvgIpc) is 3.91. The minimum Gasteiger partial charge on any atom is -0.502 e. The Morgan fingerprint density at radius 2 is 1.52 bits per heavy atom. The number of para-hydroxylation sites is 2. The lowest BCUT2D eigenvalue weighted by molar-refractivity contribution is -0.138. The van der Waals surface area contributed by atoms with Crippen LogP contribution in [0.4, 0.5) is 11.4 Å². The smallest absolute Gasteiger partial charge is 0.260 e. The number of amides is 4. The van der Waals surface area contributed by atoms with Crippen LogP contribution in [0, 0.1) is 23.7 Å². The van der Waals surface area contributed by atoms with Gasteiger partial charge in [-0.25, -0.2) is 4.98 Å². The van der Waals surface area contributed by atoms with Gasteiger partial charge in [-0.1, -0.05) is 59.1 Å². The number of aromatic hydroxyl groups is 1. The minimum atomic E-state index is -1.65. The van der Waals surface area contributed by atoms with E-state index in [0.717, 1.165) is 5.01 Å². The van der Waals surface area contributed by atoms with Gasteiger partial charge < -0.3 is 23.7 Å². The van der Waals surface area contributed by atoms with Gasteiger partial charge in [-0.15, -0.1) is 0 Å². The van der Waals surface area contributed by atoms with Crippen LogP contribution in [0.5, 0.6) is 23.0 Å². The lowest BCUT2D eigenvalue weighted by Gasteiger charge is -2.50. The van der Waals surface area contributed by atoms with E-state index in [4.69, 9.17) is 41.8 Å². The van der Waals surface area contributed by atoms with Crippen LogP contribution in [0.3, 0.4) is 0 Å². The number of aromatic nitrogens is 1. The number of hydrogen-bond acceptors (Lipinski definition) is 11. The number of hydrazine groups is 1.